The molecule has 1 aromatic heterocycles. The smallest absolute Gasteiger partial charge is 0.323 e. The summed E-state index contributed by atoms with van der Waals surface area (Å²) in [6.45, 7) is 0. The van der Waals surface area contributed by atoms with E-state index < -0.39 is 0 Å². The van der Waals surface area contributed by atoms with E-state index >= 15 is 0 Å². The van der Waals surface area contributed by atoms with E-state index in [-0.39, 0.29) is 11.6 Å². The van der Waals surface area contributed by atoms with Crippen LogP contribution < -0.4 is 5.69 Å². The summed E-state index contributed by atoms with van der Waals surface area (Å²) in [7, 11) is 1.91. The predicted molar refractivity (Wildman–Crippen MR) is 98.7 cm³/mol. The molecule has 25 heavy (non-hydrogen) atoms. The number of nitrogens with one attached hydrogen (secondary N) is 2. The van der Waals surface area contributed by atoms with Crippen molar-refractivity contribution in [1.82, 2.24) is 14.9 Å². The highest BCUT2D eigenvalue weighted by molar-refractivity contribution is 5.95. The Morgan fingerprint density at radius 3 is 2.32 bits per heavy atom. The fourth-order valence-corrected chi connectivity index (χ4v) is 3.68. The summed E-state index contributed by atoms with van der Waals surface area (Å²) in [5.74, 6) is 0.0869. The molecule has 128 valence electrons. The lowest BCUT2D eigenvalue weighted by molar-refractivity contribution is 0.0735. The number of amides is 1. The second kappa shape index (κ2) is 6.24. The number of fused-ring (bicyclic) bond motifs is 1. The Labute approximate surface area is 145 Å². The van der Waals surface area contributed by atoms with Crippen LogP contribution >= 0.6 is 0 Å². The van der Waals surface area contributed by atoms with E-state index in [0.29, 0.717) is 11.6 Å². The van der Waals surface area contributed by atoms with E-state index in [1.54, 1.807) is 0 Å². The summed E-state index contributed by atoms with van der Waals surface area (Å²) < 4.78 is 0. The summed E-state index contributed by atoms with van der Waals surface area (Å²) in [4.78, 5) is 31.4. The van der Waals surface area contributed by atoms with Gasteiger partial charge in [-0.25, -0.2) is 4.79 Å². The number of aromatic amines is 2. The summed E-state index contributed by atoms with van der Waals surface area (Å²) in [6.07, 6.45) is 4.64. The van der Waals surface area contributed by atoms with E-state index in [2.05, 4.69) is 9.97 Å². The van der Waals surface area contributed by atoms with Gasteiger partial charge in [-0.2, -0.15) is 0 Å². The number of rotatable bonds is 3. The van der Waals surface area contributed by atoms with Gasteiger partial charge >= 0.3 is 5.69 Å². The van der Waals surface area contributed by atoms with Crippen LogP contribution in [0.25, 0.3) is 22.2 Å². The van der Waals surface area contributed by atoms with E-state index in [0.717, 1.165) is 35.0 Å². The molecule has 1 aliphatic rings. The number of H-pyrrole nitrogens is 2. The first-order valence-corrected chi connectivity index (χ1v) is 8.71. The van der Waals surface area contributed by atoms with Crippen LogP contribution in [0.15, 0.2) is 47.3 Å². The maximum Gasteiger partial charge on any atom is 0.323 e. The van der Waals surface area contributed by atoms with E-state index in [4.69, 9.17) is 0 Å². The summed E-state index contributed by atoms with van der Waals surface area (Å²) in [5.41, 5.74) is 4.11. The average molecular weight is 335 g/mol. The molecule has 5 nitrogen and oxygen atoms in total. The lowest BCUT2D eigenvalue weighted by Crippen LogP contribution is -2.35. The lowest BCUT2D eigenvalue weighted by Gasteiger charge is -2.24. The van der Waals surface area contributed by atoms with Crippen molar-refractivity contribution in [2.24, 2.45) is 0 Å². The molecular weight excluding hydrogens is 314 g/mol. The number of hydrogen-bond acceptors (Lipinski definition) is 2. The van der Waals surface area contributed by atoms with Crippen molar-refractivity contribution >= 4 is 16.9 Å². The number of carbonyl (C=O) groups is 1. The van der Waals surface area contributed by atoms with Crippen molar-refractivity contribution < 1.29 is 4.79 Å². The number of benzene rings is 2. The molecule has 1 fully saturated rings. The van der Waals surface area contributed by atoms with E-state index in [1.165, 1.54) is 12.8 Å². The van der Waals surface area contributed by atoms with Crippen LogP contribution in [0.5, 0.6) is 0 Å². The van der Waals surface area contributed by atoms with Gasteiger partial charge in [0.05, 0.1) is 11.0 Å². The molecular formula is C20H21N3O2. The number of nitrogens with zero attached hydrogens (tertiary/aromatic N) is 1. The van der Waals surface area contributed by atoms with Crippen molar-refractivity contribution in [2.45, 2.75) is 31.7 Å². The molecule has 4 rings (SSSR count). The van der Waals surface area contributed by atoms with Gasteiger partial charge in [-0.05, 0) is 48.2 Å². The average Bonchev–Trinajstić information content (AvgIpc) is 3.28. The van der Waals surface area contributed by atoms with Crippen LogP contribution in [0, 0.1) is 0 Å². The Hall–Kier alpha value is -2.82. The molecule has 0 aliphatic heterocycles. The molecule has 0 saturated heterocycles. The van der Waals surface area contributed by atoms with Crippen LogP contribution in [0.1, 0.15) is 36.0 Å². The van der Waals surface area contributed by atoms with E-state index in [1.807, 2.05) is 54.4 Å². The molecule has 1 aliphatic carbocycles. The molecule has 0 unspecified atom stereocenters. The van der Waals surface area contributed by atoms with Crippen LogP contribution in [-0.2, 0) is 0 Å². The molecule has 0 spiro atoms. The van der Waals surface area contributed by atoms with Crippen LogP contribution in [0.2, 0.25) is 0 Å². The zero-order valence-electron chi connectivity index (χ0n) is 14.2. The summed E-state index contributed by atoms with van der Waals surface area (Å²) in [6, 6.07) is 13.8. The third-order valence-corrected chi connectivity index (χ3v) is 5.17. The van der Waals surface area contributed by atoms with Gasteiger partial charge in [-0.15, -0.1) is 0 Å². The van der Waals surface area contributed by atoms with Gasteiger partial charge in [-0.3, -0.25) is 4.79 Å². The first kappa shape index (κ1) is 15.7. The molecule has 0 atom stereocenters. The second-order valence-corrected chi connectivity index (χ2v) is 6.77. The van der Waals surface area contributed by atoms with E-state index in [9.17, 15) is 9.59 Å². The largest absolute Gasteiger partial charge is 0.339 e. The molecule has 2 N–H and O–H groups in total. The quantitative estimate of drug-likeness (QED) is 0.769. The Morgan fingerprint density at radius 2 is 1.60 bits per heavy atom. The molecule has 1 amide bonds. The van der Waals surface area contributed by atoms with Crippen LogP contribution in [0.4, 0.5) is 0 Å². The first-order valence-electron chi connectivity index (χ1n) is 8.71. The van der Waals surface area contributed by atoms with Gasteiger partial charge in [0, 0.05) is 18.7 Å². The van der Waals surface area contributed by atoms with Crippen molar-refractivity contribution in [2.75, 3.05) is 7.05 Å². The maximum absolute atomic E-state index is 12.6. The number of carbonyl (C=O) groups excluding carboxylic acids is 1. The molecule has 1 saturated carbocycles. The lowest BCUT2D eigenvalue weighted by atomic mass is 10.0. The summed E-state index contributed by atoms with van der Waals surface area (Å²) in [5, 5.41) is 0. The van der Waals surface area contributed by atoms with Crippen molar-refractivity contribution in [3.05, 3.63) is 58.5 Å². The predicted octanol–water partition coefficient (Wildman–Crippen LogP) is 3.54. The van der Waals surface area contributed by atoms with Gasteiger partial charge in [0.2, 0.25) is 0 Å². The minimum atomic E-state index is -0.206. The minimum Gasteiger partial charge on any atom is -0.339 e. The minimum absolute atomic E-state index is 0.0869. The topological polar surface area (TPSA) is 69.0 Å². The standard InChI is InChI=1S/C20H21N3O2/c1-23(16-4-2-3-5-16)19(24)14-8-6-13(7-9-14)15-10-11-17-18(12-15)22-20(25)21-17/h6-12,16H,2-5H2,1H3,(H2,21,22,25). The Kier molecular flexibility index (Phi) is 3.92. The highest BCUT2D eigenvalue weighted by atomic mass is 16.2. The third-order valence-electron chi connectivity index (χ3n) is 5.17. The van der Waals surface area contributed by atoms with Crippen molar-refractivity contribution in [3.8, 4) is 11.1 Å². The Morgan fingerprint density at radius 1 is 0.960 bits per heavy atom. The highest BCUT2D eigenvalue weighted by Gasteiger charge is 2.24. The monoisotopic (exact) mass is 335 g/mol. The second-order valence-electron chi connectivity index (χ2n) is 6.77. The zero-order valence-corrected chi connectivity index (χ0v) is 14.2. The number of imidazole rings is 1. The molecule has 0 radical (unpaired) electrons. The zero-order chi connectivity index (χ0) is 17.4. The fraction of sp³-hybridized carbons (Fsp3) is 0.300. The Bertz CT molecular complexity index is 963. The molecule has 2 aromatic carbocycles. The van der Waals surface area contributed by atoms with Gasteiger partial charge in [0.15, 0.2) is 0 Å². The Balaban J connectivity index is 1.58. The summed E-state index contributed by atoms with van der Waals surface area (Å²) >= 11 is 0. The molecule has 1 heterocycles. The van der Waals surface area contributed by atoms with Gasteiger partial charge < -0.3 is 14.9 Å². The molecule has 3 aromatic rings. The molecule has 5 heteroatoms. The van der Waals surface area contributed by atoms with Crippen molar-refractivity contribution in [3.63, 3.8) is 0 Å². The fourth-order valence-electron chi connectivity index (χ4n) is 3.68. The number of aromatic nitrogens is 2. The van der Waals surface area contributed by atoms with Gasteiger partial charge in [-0.1, -0.05) is 31.0 Å². The maximum atomic E-state index is 12.6. The van der Waals surface area contributed by atoms with Crippen LogP contribution in [0.3, 0.4) is 0 Å². The normalized spacial score (nSPS) is 14.9. The van der Waals surface area contributed by atoms with Crippen molar-refractivity contribution in [1.29, 1.82) is 0 Å². The van der Waals surface area contributed by atoms with Gasteiger partial charge in [0.1, 0.15) is 0 Å². The van der Waals surface area contributed by atoms with Gasteiger partial charge in [0.25, 0.3) is 5.91 Å². The first-order chi connectivity index (χ1) is 12.1. The third kappa shape index (κ3) is 2.97. The highest BCUT2D eigenvalue weighted by Crippen LogP contribution is 2.25. The SMILES string of the molecule is CN(C(=O)c1ccc(-c2ccc3[nH]c(=O)[nH]c3c2)cc1)C1CCCC1. The molecule has 0 bridgehead atoms. The van der Waals surface area contributed by atoms with Crippen LogP contribution in [-0.4, -0.2) is 33.9 Å². The number of hydrogen-bond donors (Lipinski definition) is 2.